The van der Waals surface area contributed by atoms with Crippen LogP contribution < -0.4 is 10.2 Å². The van der Waals surface area contributed by atoms with Gasteiger partial charge < -0.3 is 10.2 Å². The number of nitrogens with zero attached hydrogens (tertiary/aromatic N) is 3. The third-order valence-electron chi connectivity index (χ3n) is 3.40. The molecule has 0 spiro atoms. The molecule has 23 heavy (non-hydrogen) atoms. The van der Waals surface area contributed by atoms with Crippen molar-refractivity contribution in [1.82, 2.24) is 15.3 Å². The highest BCUT2D eigenvalue weighted by atomic mass is 35.5. The van der Waals surface area contributed by atoms with Gasteiger partial charge >= 0.3 is 0 Å². The molecule has 1 aromatic heterocycles. The van der Waals surface area contributed by atoms with Gasteiger partial charge in [-0.1, -0.05) is 37.6 Å². The molecule has 0 aliphatic heterocycles. The van der Waals surface area contributed by atoms with E-state index < -0.39 is 0 Å². The van der Waals surface area contributed by atoms with Crippen molar-refractivity contribution < 1.29 is 4.79 Å². The van der Waals surface area contributed by atoms with Crippen molar-refractivity contribution in [3.05, 3.63) is 52.6 Å². The molecule has 2 aromatic rings. The van der Waals surface area contributed by atoms with E-state index in [2.05, 4.69) is 15.3 Å². The number of anilines is 1. The number of carbonyl (C=O) groups is 1. The van der Waals surface area contributed by atoms with Crippen LogP contribution in [0.2, 0.25) is 5.02 Å². The number of aromatic nitrogens is 2. The normalized spacial score (nSPS) is 10.7. The van der Waals surface area contributed by atoms with Crippen molar-refractivity contribution in [3.63, 3.8) is 0 Å². The monoisotopic (exact) mass is 332 g/mol. The summed E-state index contributed by atoms with van der Waals surface area (Å²) in [6.07, 6.45) is 1.48. The molecule has 2 rings (SSSR count). The molecule has 122 valence electrons. The van der Waals surface area contributed by atoms with Crippen LogP contribution in [0, 0.1) is 0 Å². The van der Waals surface area contributed by atoms with Crippen LogP contribution in [0.25, 0.3) is 0 Å². The number of rotatable bonds is 5. The van der Waals surface area contributed by atoms with Crippen LogP contribution in [0.15, 0.2) is 30.5 Å². The first-order valence-corrected chi connectivity index (χ1v) is 7.83. The van der Waals surface area contributed by atoms with Gasteiger partial charge in [0.25, 0.3) is 5.91 Å². The predicted molar refractivity (Wildman–Crippen MR) is 93.1 cm³/mol. The summed E-state index contributed by atoms with van der Waals surface area (Å²) in [4.78, 5) is 22.7. The van der Waals surface area contributed by atoms with Crippen molar-refractivity contribution in [3.8, 4) is 0 Å². The molecule has 0 saturated heterocycles. The summed E-state index contributed by atoms with van der Waals surface area (Å²) in [5.74, 6) is 0.447. The standard InChI is InChI=1S/C17H21ClN4O/c1-11(2)16-19-10-14(18)15(21-16)17(23)20-9-12-5-7-13(8-6-12)22(3)4/h5-8,10-11H,9H2,1-4H3,(H,20,23). The Labute approximate surface area is 141 Å². The highest BCUT2D eigenvalue weighted by Crippen LogP contribution is 2.17. The number of carbonyl (C=O) groups excluding carboxylic acids is 1. The Morgan fingerprint density at radius 1 is 1.26 bits per heavy atom. The van der Waals surface area contributed by atoms with Gasteiger partial charge in [0.1, 0.15) is 11.5 Å². The van der Waals surface area contributed by atoms with Crippen LogP contribution in [0.4, 0.5) is 5.69 Å². The quantitative estimate of drug-likeness (QED) is 0.913. The van der Waals surface area contributed by atoms with Crippen LogP contribution in [0.5, 0.6) is 0 Å². The Hall–Kier alpha value is -2.14. The summed E-state index contributed by atoms with van der Waals surface area (Å²) in [6.45, 7) is 4.36. The van der Waals surface area contributed by atoms with E-state index in [0.717, 1.165) is 11.3 Å². The predicted octanol–water partition coefficient (Wildman–Crippen LogP) is 3.25. The number of hydrogen-bond donors (Lipinski definition) is 1. The van der Waals surface area contributed by atoms with E-state index in [0.29, 0.717) is 12.4 Å². The molecule has 1 aromatic carbocycles. The molecule has 0 fully saturated rings. The van der Waals surface area contributed by atoms with E-state index in [9.17, 15) is 4.79 Å². The summed E-state index contributed by atoms with van der Waals surface area (Å²) in [7, 11) is 3.97. The van der Waals surface area contributed by atoms with Gasteiger partial charge in [-0.25, -0.2) is 9.97 Å². The van der Waals surface area contributed by atoms with Crippen LogP contribution in [-0.2, 0) is 6.54 Å². The molecule has 1 heterocycles. The van der Waals surface area contributed by atoms with Gasteiger partial charge in [0.2, 0.25) is 0 Å². The van der Waals surface area contributed by atoms with E-state index in [1.165, 1.54) is 6.20 Å². The lowest BCUT2D eigenvalue weighted by Crippen LogP contribution is -2.25. The van der Waals surface area contributed by atoms with Crippen molar-refractivity contribution in [1.29, 1.82) is 0 Å². The minimum absolute atomic E-state index is 0.136. The van der Waals surface area contributed by atoms with E-state index in [1.54, 1.807) is 0 Å². The smallest absolute Gasteiger partial charge is 0.271 e. The summed E-state index contributed by atoms with van der Waals surface area (Å²) in [6, 6.07) is 7.99. The molecule has 5 nitrogen and oxygen atoms in total. The summed E-state index contributed by atoms with van der Waals surface area (Å²) in [5, 5.41) is 3.10. The highest BCUT2D eigenvalue weighted by molar-refractivity contribution is 6.33. The number of hydrogen-bond acceptors (Lipinski definition) is 4. The van der Waals surface area contributed by atoms with Crippen molar-refractivity contribution >= 4 is 23.2 Å². The first kappa shape index (κ1) is 17.2. The molecular formula is C17H21ClN4O. The average molecular weight is 333 g/mol. The second-order valence-electron chi connectivity index (χ2n) is 5.82. The number of nitrogens with one attached hydrogen (secondary N) is 1. The maximum absolute atomic E-state index is 12.3. The lowest BCUT2D eigenvalue weighted by atomic mass is 10.2. The fourth-order valence-electron chi connectivity index (χ4n) is 2.00. The van der Waals surface area contributed by atoms with Gasteiger partial charge in [-0.15, -0.1) is 0 Å². The fourth-order valence-corrected chi connectivity index (χ4v) is 2.17. The van der Waals surface area contributed by atoms with Gasteiger partial charge in [0.05, 0.1) is 11.2 Å². The lowest BCUT2D eigenvalue weighted by molar-refractivity contribution is 0.0945. The van der Waals surface area contributed by atoms with E-state index in [-0.39, 0.29) is 22.5 Å². The molecule has 0 aliphatic carbocycles. The fraction of sp³-hybridized carbons (Fsp3) is 0.353. The second kappa shape index (κ2) is 7.42. The summed E-state index contributed by atoms with van der Waals surface area (Å²) < 4.78 is 0. The largest absolute Gasteiger partial charge is 0.378 e. The molecule has 0 atom stereocenters. The molecule has 0 aliphatic rings. The van der Waals surface area contributed by atoms with Crippen LogP contribution in [-0.4, -0.2) is 30.0 Å². The minimum Gasteiger partial charge on any atom is -0.378 e. The molecule has 1 amide bonds. The molecule has 0 saturated carbocycles. The first-order valence-electron chi connectivity index (χ1n) is 7.45. The van der Waals surface area contributed by atoms with E-state index >= 15 is 0 Å². The van der Waals surface area contributed by atoms with Crippen LogP contribution in [0.3, 0.4) is 0 Å². The topological polar surface area (TPSA) is 58.1 Å². The zero-order valence-electron chi connectivity index (χ0n) is 13.8. The van der Waals surface area contributed by atoms with E-state index in [1.807, 2.05) is 57.1 Å². The Bertz CT molecular complexity index is 683. The van der Waals surface area contributed by atoms with Gasteiger partial charge in [-0.3, -0.25) is 4.79 Å². The first-order chi connectivity index (χ1) is 10.9. The highest BCUT2D eigenvalue weighted by Gasteiger charge is 2.15. The molecule has 1 N–H and O–H groups in total. The van der Waals surface area contributed by atoms with Crippen molar-refractivity contribution in [2.24, 2.45) is 0 Å². The zero-order valence-corrected chi connectivity index (χ0v) is 14.6. The maximum Gasteiger partial charge on any atom is 0.271 e. The zero-order chi connectivity index (χ0) is 17.0. The molecule has 0 radical (unpaired) electrons. The Kier molecular flexibility index (Phi) is 5.55. The SMILES string of the molecule is CC(C)c1ncc(Cl)c(C(=O)NCc2ccc(N(C)C)cc2)n1. The second-order valence-corrected chi connectivity index (χ2v) is 6.23. The molecule has 6 heteroatoms. The van der Waals surface area contributed by atoms with Gasteiger partial charge in [0, 0.05) is 32.2 Å². The van der Waals surface area contributed by atoms with Crippen molar-refractivity contribution in [2.45, 2.75) is 26.3 Å². The van der Waals surface area contributed by atoms with Gasteiger partial charge in [0.15, 0.2) is 0 Å². The average Bonchev–Trinajstić information content (AvgIpc) is 2.53. The van der Waals surface area contributed by atoms with E-state index in [4.69, 9.17) is 11.6 Å². The molecular weight excluding hydrogens is 312 g/mol. The maximum atomic E-state index is 12.3. The number of halogens is 1. The number of amides is 1. The van der Waals surface area contributed by atoms with Crippen LogP contribution >= 0.6 is 11.6 Å². The Balaban J connectivity index is 2.06. The number of benzene rings is 1. The summed E-state index contributed by atoms with van der Waals surface area (Å²) in [5.41, 5.74) is 2.34. The Morgan fingerprint density at radius 3 is 2.48 bits per heavy atom. The third kappa shape index (κ3) is 4.42. The summed E-state index contributed by atoms with van der Waals surface area (Å²) >= 11 is 6.04. The third-order valence-corrected chi connectivity index (χ3v) is 3.68. The molecule has 0 unspecified atom stereocenters. The Morgan fingerprint density at radius 2 is 1.91 bits per heavy atom. The van der Waals surface area contributed by atoms with Crippen LogP contribution in [0.1, 0.15) is 41.6 Å². The minimum atomic E-state index is -0.295. The lowest BCUT2D eigenvalue weighted by Gasteiger charge is -2.13. The van der Waals surface area contributed by atoms with Crippen molar-refractivity contribution in [2.75, 3.05) is 19.0 Å². The van der Waals surface area contributed by atoms with Gasteiger partial charge in [-0.2, -0.15) is 0 Å². The molecule has 0 bridgehead atoms. The van der Waals surface area contributed by atoms with Gasteiger partial charge in [-0.05, 0) is 17.7 Å².